The molecule has 4 nitrogen and oxygen atoms in total. The van der Waals surface area contributed by atoms with Gasteiger partial charge in [0.25, 0.3) is 0 Å². The third-order valence-corrected chi connectivity index (χ3v) is 3.24. The van der Waals surface area contributed by atoms with Crippen LogP contribution in [-0.2, 0) is 0 Å². The smallest absolute Gasteiger partial charge is 0.180 e. The lowest BCUT2D eigenvalue weighted by Gasteiger charge is -2.04. The van der Waals surface area contributed by atoms with E-state index in [1.807, 2.05) is 48.5 Å². The Balaban J connectivity index is 1.92. The Bertz CT molecular complexity index is 668. The molecule has 1 aromatic carbocycles. The number of benzene rings is 1. The number of halogens is 1. The molecule has 0 radical (unpaired) electrons. The van der Waals surface area contributed by atoms with E-state index in [2.05, 4.69) is 26.0 Å². The summed E-state index contributed by atoms with van der Waals surface area (Å²) < 4.78 is 8.16. The molecular weight excluding hydrogens is 306 g/mol. The molecule has 2 aromatic heterocycles. The molecular formula is C14H10BrN3O. The monoisotopic (exact) mass is 315 g/mol. The average molecular weight is 316 g/mol. The Morgan fingerprint density at radius 1 is 1.00 bits per heavy atom. The lowest BCUT2D eigenvalue weighted by atomic mass is 10.3. The highest BCUT2D eigenvalue weighted by Gasteiger charge is 2.12. The molecule has 0 bridgehead atoms. The third kappa shape index (κ3) is 2.51. The van der Waals surface area contributed by atoms with E-state index in [9.17, 15) is 0 Å². The molecule has 0 spiro atoms. The number of hydrogen-bond acceptors (Lipinski definition) is 3. The lowest BCUT2D eigenvalue weighted by Crippen LogP contribution is -1.98. The first-order chi connectivity index (χ1) is 9.34. The molecule has 0 saturated carbocycles. The molecule has 0 amide bonds. The fourth-order valence-corrected chi connectivity index (χ4v) is 2.10. The van der Waals surface area contributed by atoms with Crippen molar-refractivity contribution >= 4 is 15.9 Å². The number of ether oxygens (including phenoxy) is 1. The number of nitrogens with zero attached hydrogens (tertiary/aromatic N) is 3. The van der Waals surface area contributed by atoms with E-state index in [0.29, 0.717) is 5.75 Å². The Hall–Kier alpha value is -2.14. The van der Waals surface area contributed by atoms with Gasteiger partial charge in [-0.05, 0) is 40.2 Å². The van der Waals surface area contributed by atoms with Crippen molar-refractivity contribution in [3.8, 4) is 17.3 Å². The highest BCUT2D eigenvalue weighted by molar-refractivity contribution is 9.10. The average Bonchev–Trinajstić information content (AvgIpc) is 2.82. The maximum atomic E-state index is 5.75. The lowest BCUT2D eigenvalue weighted by molar-refractivity contribution is 0.479. The molecule has 0 aliphatic heterocycles. The minimum atomic E-state index is 0.650. The van der Waals surface area contributed by atoms with Gasteiger partial charge in [-0.25, -0.2) is 9.67 Å². The van der Waals surface area contributed by atoms with Gasteiger partial charge in [0.15, 0.2) is 16.2 Å². The van der Waals surface area contributed by atoms with Gasteiger partial charge in [0, 0.05) is 6.20 Å². The van der Waals surface area contributed by atoms with Crippen LogP contribution in [0.2, 0.25) is 0 Å². The predicted molar refractivity (Wildman–Crippen MR) is 75.6 cm³/mol. The van der Waals surface area contributed by atoms with E-state index in [4.69, 9.17) is 4.74 Å². The van der Waals surface area contributed by atoms with Crippen LogP contribution in [0, 0.1) is 0 Å². The number of para-hydroxylation sites is 1. The molecule has 3 aromatic rings. The Labute approximate surface area is 118 Å². The zero-order valence-electron chi connectivity index (χ0n) is 9.90. The maximum absolute atomic E-state index is 5.75. The van der Waals surface area contributed by atoms with Crippen molar-refractivity contribution in [2.45, 2.75) is 0 Å². The van der Waals surface area contributed by atoms with E-state index in [0.717, 1.165) is 16.2 Å². The number of pyridine rings is 1. The second kappa shape index (κ2) is 5.24. The highest BCUT2D eigenvalue weighted by Crippen LogP contribution is 2.30. The van der Waals surface area contributed by atoms with E-state index in [1.165, 1.54) is 0 Å². The van der Waals surface area contributed by atoms with E-state index >= 15 is 0 Å². The Kier molecular flexibility index (Phi) is 3.29. The first kappa shape index (κ1) is 11.9. The van der Waals surface area contributed by atoms with Crippen LogP contribution in [-0.4, -0.2) is 14.8 Å². The number of hydrogen-bond donors (Lipinski definition) is 0. The highest BCUT2D eigenvalue weighted by atomic mass is 79.9. The van der Waals surface area contributed by atoms with Crippen molar-refractivity contribution in [1.29, 1.82) is 0 Å². The largest absolute Gasteiger partial charge is 0.453 e. The van der Waals surface area contributed by atoms with Gasteiger partial charge in [0.05, 0.1) is 6.20 Å². The summed E-state index contributed by atoms with van der Waals surface area (Å²) >= 11 is 3.48. The van der Waals surface area contributed by atoms with Crippen molar-refractivity contribution in [3.63, 3.8) is 0 Å². The summed E-state index contributed by atoms with van der Waals surface area (Å²) in [6.07, 6.45) is 3.38. The standard InChI is InChI=1S/C14H10BrN3O/c15-14-12(19-11-6-2-1-3-7-11)10-17-18(14)13-8-4-5-9-16-13/h1-10H. The van der Waals surface area contributed by atoms with Gasteiger partial charge >= 0.3 is 0 Å². The van der Waals surface area contributed by atoms with Gasteiger partial charge in [0.1, 0.15) is 5.75 Å². The molecule has 0 saturated heterocycles. The van der Waals surface area contributed by atoms with Crippen LogP contribution in [0.4, 0.5) is 0 Å². The molecule has 5 heteroatoms. The summed E-state index contributed by atoms with van der Waals surface area (Å²) in [5.41, 5.74) is 0. The topological polar surface area (TPSA) is 39.9 Å². The van der Waals surface area contributed by atoms with Crippen LogP contribution in [0.3, 0.4) is 0 Å². The van der Waals surface area contributed by atoms with E-state index in [-0.39, 0.29) is 0 Å². The van der Waals surface area contributed by atoms with Crippen molar-refractivity contribution < 1.29 is 4.74 Å². The molecule has 0 aliphatic rings. The molecule has 2 heterocycles. The van der Waals surface area contributed by atoms with Crippen LogP contribution >= 0.6 is 15.9 Å². The summed E-state index contributed by atoms with van der Waals surface area (Å²) in [5.74, 6) is 2.15. The Morgan fingerprint density at radius 3 is 2.53 bits per heavy atom. The van der Waals surface area contributed by atoms with E-state index < -0.39 is 0 Å². The van der Waals surface area contributed by atoms with Gasteiger partial charge < -0.3 is 4.74 Å². The summed E-state index contributed by atoms with van der Waals surface area (Å²) in [4.78, 5) is 4.25. The zero-order valence-corrected chi connectivity index (χ0v) is 11.5. The van der Waals surface area contributed by atoms with Gasteiger partial charge in [0.2, 0.25) is 0 Å². The zero-order chi connectivity index (χ0) is 13.1. The normalized spacial score (nSPS) is 10.4. The summed E-state index contributed by atoms with van der Waals surface area (Å²) in [5, 5.41) is 4.26. The van der Waals surface area contributed by atoms with Gasteiger partial charge in [-0.2, -0.15) is 5.10 Å². The van der Waals surface area contributed by atoms with Crippen molar-refractivity contribution in [2.24, 2.45) is 0 Å². The van der Waals surface area contributed by atoms with Crippen LogP contribution in [0.1, 0.15) is 0 Å². The van der Waals surface area contributed by atoms with Crippen LogP contribution < -0.4 is 4.74 Å². The van der Waals surface area contributed by atoms with Crippen LogP contribution in [0.25, 0.3) is 5.82 Å². The molecule has 94 valence electrons. The first-order valence-corrected chi connectivity index (χ1v) is 6.52. The summed E-state index contributed by atoms with van der Waals surface area (Å²) in [7, 11) is 0. The minimum absolute atomic E-state index is 0.650. The van der Waals surface area contributed by atoms with E-state index in [1.54, 1.807) is 17.1 Å². The molecule has 0 N–H and O–H groups in total. The fourth-order valence-electron chi connectivity index (χ4n) is 1.64. The molecule has 0 fully saturated rings. The quantitative estimate of drug-likeness (QED) is 0.737. The second-order valence-corrected chi connectivity index (χ2v) is 4.57. The maximum Gasteiger partial charge on any atom is 0.180 e. The second-order valence-electron chi connectivity index (χ2n) is 3.81. The van der Waals surface area contributed by atoms with Crippen LogP contribution in [0.15, 0.2) is 65.5 Å². The minimum Gasteiger partial charge on any atom is -0.453 e. The van der Waals surface area contributed by atoms with Gasteiger partial charge in [-0.1, -0.05) is 24.3 Å². The van der Waals surface area contributed by atoms with Crippen molar-refractivity contribution in [1.82, 2.24) is 14.8 Å². The van der Waals surface area contributed by atoms with Crippen molar-refractivity contribution in [3.05, 3.63) is 65.5 Å². The predicted octanol–water partition coefficient (Wildman–Crippen LogP) is 3.82. The van der Waals surface area contributed by atoms with Crippen molar-refractivity contribution in [2.75, 3.05) is 0 Å². The summed E-state index contributed by atoms with van der Waals surface area (Å²) in [6, 6.07) is 15.2. The Morgan fingerprint density at radius 2 is 1.79 bits per heavy atom. The third-order valence-electron chi connectivity index (χ3n) is 2.52. The first-order valence-electron chi connectivity index (χ1n) is 5.72. The number of rotatable bonds is 3. The fraction of sp³-hybridized carbons (Fsp3) is 0. The SMILES string of the molecule is Brc1c(Oc2ccccc2)cnn1-c1ccccn1. The molecule has 3 rings (SSSR count). The van der Waals surface area contributed by atoms with Gasteiger partial charge in [-0.15, -0.1) is 0 Å². The van der Waals surface area contributed by atoms with Crippen LogP contribution in [0.5, 0.6) is 11.5 Å². The number of aromatic nitrogens is 3. The van der Waals surface area contributed by atoms with Gasteiger partial charge in [-0.3, -0.25) is 0 Å². The molecule has 19 heavy (non-hydrogen) atoms. The molecule has 0 unspecified atom stereocenters. The molecule has 0 atom stereocenters. The molecule has 0 aliphatic carbocycles. The summed E-state index contributed by atoms with van der Waals surface area (Å²) in [6.45, 7) is 0.